The van der Waals surface area contributed by atoms with Gasteiger partial charge in [-0.15, -0.1) is 0 Å². The minimum absolute atomic E-state index is 0.235. The minimum Gasteiger partial charge on any atom is -0.454 e. The lowest BCUT2D eigenvalue weighted by Crippen LogP contribution is -2.17. The molecule has 0 unspecified atom stereocenters. The molecule has 0 bridgehead atoms. The molecule has 2 heterocycles. The third-order valence-corrected chi connectivity index (χ3v) is 4.53. The van der Waals surface area contributed by atoms with Gasteiger partial charge in [0.2, 0.25) is 24.6 Å². The zero-order valence-corrected chi connectivity index (χ0v) is 18.6. The summed E-state index contributed by atoms with van der Waals surface area (Å²) in [5, 5.41) is 9.69. The van der Waals surface area contributed by atoms with E-state index in [0.29, 0.717) is 63.9 Å². The van der Waals surface area contributed by atoms with E-state index in [1.165, 1.54) is 0 Å². The average Bonchev–Trinajstić information content (AvgIpc) is 3.29. The molecule has 5 N–H and O–H groups in total. The van der Waals surface area contributed by atoms with Crippen molar-refractivity contribution in [2.75, 3.05) is 68.8 Å². The van der Waals surface area contributed by atoms with E-state index in [2.05, 4.69) is 37.8 Å². The average molecular weight is 448 g/mol. The first kappa shape index (κ1) is 23.8. The number of nitrogens with two attached hydrogens (primary N) is 1. The molecular formula is C21H33N7O4. The smallest absolute Gasteiger partial charge is 0.231 e. The molecule has 1 aliphatic rings. The Morgan fingerprint density at radius 1 is 0.906 bits per heavy atom. The number of anilines is 3. The Balaban J connectivity index is 1.54. The van der Waals surface area contributed by atoms with Crippen molar-refractivity contribution in [1.29, 1.82) is 0 Å². The quantitative estimate of drug-likeness (QED) is 0.280. The van der Waals surface area contributed by atoms with Crippen molar-refractivity contribution in [3.8, 4) is 11.5 Å². The van der Waals surface area contributed by atoms with Crippen molar-refractivity contribution in [3.63, 3.8) is 0 Å². The number of benzene rings is 1. The Bertz CT molecular complexity index is 825. The highest BCUT2D eigenvalue weighted by atomic mass is 16.7. The fraction of sp³-hybridized carbons (Fsp3) is 0.571. The van der Waals surface area contributed by atoms with Crippen molar-refractivity contribution < 1.29 is 18.9 Å². The normalized spacial score (nSPS) is 12.1. The van der Waals surface area contributed by atoms with Gasteiger partial charge < -0.3 is 40.6 Å². The summed E-state index contributed by atoms with van der Waals surface area (Å²) in [6, 6.07) is 5.80. The second-order valence-electron chi connectivity index (χ2n) is 7.03. The number of rotatable bonds is 16. The molecule has 0 amide bonds. The summed E-state index contributed by atoms with van der Waals surface area (Å²) in [6.07, 6.45) is 2.12. The van der Waals surface area contributed by atoms with Gasteiger partial charge >= 0.3 is 0 Å². The predicted octanol–water partition coefficient (Wildman–Crippen LogP) is 1.83. The van der Waals surface area contributed by atoms with Crippen LogP contribution < -0.4 is 31.2 Å². The van der Waals surface area contributed by atoms with Crippen molar-refractivity contribution in [2.45, 2.75) is 26.3 Å². The van der Waals surface area contributed by atoms with E-state index < -0.39 is 0 Å². The molecule has 11 heteroatoms. The Morgan fingerprint density at radius 2 is 1.62 bits per heavy atom. The van der Waals surface area contributed by atoms with E-state index in [9.17, 15) is 0 Å². The fourth-order valence-electron chi connectivity index (χ4n) is 2.93. The van der Waals surface area contributed by atoms with Crippen LogP contribution in [-0.4, -0.2) is 67.8 Å². The summed E-state index contributed by atoms with van der Waals surface area (Å²) in [7, 11) is 0. The third kappa shape index (κ3) is 7.66. The van der Waals surface area contributed by atoms with Gasteiger partial charge in [-0.2, -0.15) is 15.0 Å². The molecule has 0 saturated carbocycles. The predicted molar refractivity (Wildman–Crippen MR) is 122 cm³/mol. The molecular weight excluding hydrogens is 414 g/mol. The van der Waals surface area contributed by atoms with E-state index in [1.54, 1.807) is 0 Å². The number of para-hydroxylation sites is 1. The number of nitrogens with one attached hydrogen (secondary N) is 3. The molecule has 1 aliphatic heterocycles. The number of ether oxygens (including phenoxy) is 4. The third-order valence-electron chi connectivity index (χ3n) is 4.53. The molecule has 0 saturated heterocycles. The van der Waals surface area contributed by atoms with Gasteiger partial charge in [0.25, 0.3) is 0 Å². The summed E-state index contributed by atoms with van der Waals surface area (Å²) in [4.78, 5) is 13.4. The van der Waals surface area contributed by atoms with Crippen molar-refractivity contribution in [1.82, 2.24) is 15.0 Å². The molecule has 176 valence electrons. The summed E-state index contributed by atoms with van der Waals surface area (Å²) in [5.41, 5.74) is 6.35. The molecule has 0 aliphatic carbocycles. The highest BCUT2D eigenvalue weighted by Gasteiger charge is 2.17. The lowest BCUT2D eigenvalue weighted by atomic mass is 10.2. The SMILES string of the molecule is CCCCNc1nc(NCCOCCOCCN)nc(NCc2cccc3c2OCO3)n1. The van der Waals surface area contributed by atoms with Crippen LogP contribution in [0.15, 0.2) is 18.2 Å². The van der Waals surface area contributed by atoms with Gasteiger partial charge in [0.1, 0.15) is 0 Å². The van der Waals surface area contributed by atoms with E-state index in [-0.39, 0.29) is 6.79 Å². The van der Waals surface area contributed by atoms with Gasteiger partial charge in [0.05, 0.1) is 26.4 Å². The zero-order valence-electron chi connectivity index (χ0n) is 18.6. The van der Waals surface area contributed by atoms with Crippen molar-refractivity contribution in [3.05, 3.63) is 23.8 Å². The maximum atomic E-state index is 5.57. The van der Waals surface area contributed by atoms with Gasteiger partial charge in [-0.3, -0.25) is 0 Å². The molecule has 0 spiro atoms. The standard InChI is InChI=1S/C21H33N7O4/c1-2-3-8-23-19-26-20(24-9-11-30-13-12-29-10-7-22)28-21(27-19)25-14-16-5-4-6-17-18(16)32-15-31-17/h4-6H,2-3,7-15,22H2,1H3,(H3,23,24,25,26,27,28). The second-order valence-corrected chi connectivity index (χ2v) is 7.03. The minimum atomic E-state index is 0.235. The fourth-order valence-corrected chi connectivity index (χ4v) is 2.93. The summed E-state index contributed by atoms with van der Waals surface area (Å²) in [5.74, 6) is 2.96. The molecule has 0 radical (unpaired) electrons. The lowest BCUT2D eigenvalue weighted by molar-refractivity contribution is 0.0547. The Morgan fingerprint density at radius 3 is 2.38 bits per heavy atom. The molecule has 1 aromatic heterocycles. The highest BCUT2D eigenvalue weighted by molar-refractivity contribution is 5.50. The van der Waals surface area contributed by atoms with Gasteiger partial charge in [0, 0.05) is 31.7 Å². The molecule has 0 fully saturated rings. The first-order valence-corrected chi connectivity index (χ1v) is 11.0. The number of aromatic nitrogens is 3. The van der Waals surface area contributed by atoms with Crippen LogP contribution in [0.1, 0.15) is 25.3 Å². The Hall–Kier alpha value is -2.89. The maximum absolute atomic E-state index is 5.57. The summed E-state index contributed by atoms with van der Waals surface area (Å²) < 4.78 is 21.8. The van der Waals surface area contributed by atoms with Gasteiger partial charge in [-0.25, -0.2) is 0 Å². The highest BCUT2D eigenvalue weighted by Crippen LogP contribution is 2.35. The van der Waals surface area contributed by atoms with E-state index in [4.69, 9.17) is 24.7 Å². The molecule has 3 rings (SSSR count). The Kier molecular flexibility index (Phi) is 10.0. The van der Waals surface area contributed by atoms with Crippen LogP contribution in [-0.2, 0) is 16.0 Å². The number of hydrogen-bond acceptors (Lipinski definition) is 11. The van der Waals surface area contributed by atoms with Gasteiger partial charge in [-0.05, 0) is 12.5 Å². The van der Waals surface area contributed by atoms with Crippen LogP contribution >= 0.6 is 0 Å². The monoisotopic (exact) mass is 447 g/mol. The van der Waals surface area contributed by atoms with Crippen LogP contribution in [0.4, 0.5) is 17.8 Å². The number of unbranched alkanes of at least 4 members (excludes halogenated alkanes) is 1. The number of nitrogens with zero attached hydrogens (tertiary/aromatic N) is 3. The number of hydrogen-bond donors (Lipinski definition) is 4. The Labute approximate surface area is 188 Å². The largest absolute Gasteiger partial charge is 0.454 e. The van der Waals surface area contributed by atoms with Crippen molar-refractivity contribution >= 4 is 17.8 Å². The van der Waals surface area contributed by atoms with E-state index in [0.717, 1.165) is 36.4 Å². The molecule has 2 aromatic rings. The van der Waals surface area contributed by atoms with Crippen LogP contribution in [0.3, 0.4) is 0 Å². The van der Waals surface area contributed by atoms with E-state index >= 15 is 0 Å². The zero-order chi connectivity index (χ0) is 22.4. The first-order chi connectivity index (χ1) is 15.8. The first-order valence-electron chi connectivity index (χ1n) is 11.0. The molecule has 0 atom stereocenters. The van der Waals surface area contributed by atoms with Crippen LogP contribution in [0, 0.1) is 0 Å². The van der Waals surface area contributed by atoms with Gasteiger partial charge in [0.15, 0.2) is 11.5 Å². The topological polar surface area (TPSA) is 138 Å². The van der Waals surface area contributed by atoms with Crippen LogP contribution in [0.5, 0.6) is 11.5 Å². The maximum Gasteiger partial charge on any atom is 0.231 e. The van der Waals surface area contributed by atoms with Crippen molar-refractivity contribution in [2.24, 2.45) is 5.73 Å². The van der Waals surface area contributed by atoms with Crippen LogP contribution in [0.25, 0.3) is 0 Å². The lowest BCUT2D eigenvalue weighted by Gasteiger charge is -2.12. The summed E-state index contributed by atoms with van der Waals surface area (Å²) >= 11 is 0. The second kappa shape index (κ2) is 13.5. The molecule has 32 heavy (non-hydrogen) atoms. The van der Waals surface area contributed by atoms with Crippen LogP contribution in [0.2, 0.25) is 0 Å². The molecule has 1 aromatic carbocycles. The number of fused-ring (bicyclic) bond motifs is 1. The van der Waals surface area contributed by atoms with E-state index in [1.807, 2.05) is 18.2 Å². The van der Waals surface area contributed by atoms with Gasteiger partial charge in [-0.1, -0.05) is 25.5 Å². The summed E-state index contributed by atoms with van der Waals surface area (Å²) in [6.45, 7) is 6.83. The molecule has 11 nitrogen and oxygen atoms in total.